The Balaban J connectivity index is 1.41. The summed E-state index contributed by atoms with van der Waals surface area (Å²) in [5.41, 5.74) is 6.31. The molecule has 0 saturated carbocycles. The van der Waals surface area contributed by atoms with Gasteiger partial charge in [0.15, 0.2) is 0 Å². The van der Waals surface area contributed by atoms with E-state index in [0.717, 1.165) is 63.8 Å². The first-order valence-electron chi connectivity index (χ1n) is 12.7. The van der Waals surface area contributed by atoms with Gasteiger partial charge in [-0.2, -0.15) is 0 Å². The molecule has 4 aromatic rings. The number of hydrogen-bond acceptors (Lipinski definition) is 4. The molecule has 188 valence electrons. The van der Waals surface area contributed by atoms with Gasteiger partial charge >= 0.3 is 0 Å². The Labute approximate surface area is 222 Å². The third-order valence-electron chi connectivity index (χ3n) is 7.08. The van der Waals surface area contributed by atoms with Crippen molar-refractivity contribution in [2.45, 2.75) is 34.2 Å². The van der Waals surface area contributed by atoms with Crippen LogP contribution in [0.5, 0.6) is 0 Å². The third-order valence-corrected chi connectivity index (χ3v) is 7.98. The minimum atomic E-state index is -0.240. The van der Waals surface area contributed by atoms with Gasteiger partial charge in [-0.3, -0.25) is 14.5 Å². The monoisotopic (exact) mass is 509 g/mol. The smallest absolute Gasteiger partial charge is 0.293 e. The molecule has 3 aromatic carbocycles. The van der Waals surface area contributed by atoms with Gasteiger partial charge in [0.05, 0.1) is 11.4 Å². The second kappa shape index (κ2) is 10.3. The number of thioether (sulfide) groups is 1. The minimum Gasteiger partial charge on any atom is -0.372 e. The summed E-state index contributed by atoms with van der Waals surface area (Å²) in [4.78, 5) is 30.3. The lowest BCUT2D eigenvalue weighted by Gasteiger charge is -2.21. The van der Waals surface area contributed by atoms with E-state index in [9.17, 15) is 9.59 Å². The van der Waals surface area contributed by atoms with E-state index in [2.05, 4.69) is 67.5 Å². The predicted octanol–water partition coefficient (Wildman–Crippen LogP) is 7.33. The van der Waals surface area contributed by atoms with E-state index in [1.807, 2.05) is 48.5 Å². The second-order valence-corrected chi connectivity index (χ2v) is 10.2. The van der Waals surface area contributed by atoms with Gasteiger partial charge in [-0.05, 0) is 97.8 Å². The molecule has 0 radical (unpaired) electrons. The summed E-state index contributed by atoms with van der Waals surface area (Å²) in [7, 11) is 0. The first-order chi connectivity index (χ1) is 17.9. The van der Waals surface area contributed by atoms with Crippen molar-refractivity contribution in [2.24, 2.45) is 0 Å². The first kappa shape index (κ1) is 24.9. The van der Waals surface area contributed by atoms with Crippen molar-refractivity contribution in [1.29, 1.82) is 0 Å². The number of hydrogen-bond donors (Lipinski definition) is 0. The van der Waals surface area contributed by atoms with Gasteiger partial charge in [0.1, 0.15) is 0 Å². The van der Waals surface area contributed by atoms with Crippen molar-refractivity contribution in [3.63, 3.8) is 0 Å². The van der Waals surface area contributed by atoms with Gasteiger partial charge < -0.3 is 9.47 Å². The molecular formula is C31H31N3O2S. The summed E-state index contributed by atoms with van der Waals surface area (Å²) < 4.78 is 2.19. The Morgan fingerprint density at radius 1 is 0.892 bits per heavy atom. The zero-order chi connectivity index (χ0) is 26.1. The van der Waals surface area contributed by atoms with E-state index in [4.69, 9.17) is 0 Å². The summed E-state index contributed by atoms with van der Waals surface area (Å²) in [6.45, 7) is 10.6. The Kier molecular flexibility index (Phi) is 6.94. The maximum absolute atomic E-state index is 13.3. The summed E-state index contributed by atoms with van der Waals surface area (Å²) in [5, 5.41) is 1.92. The molecule has 0 unspecified atom stereocenters. The lowest BCUT2D eigenvalue weighted by molar-refractivity contribution is -0.123. The molecule has 1 aliphatic heterocycles. The molecule has 5 nitrogen and oxygen atoms in total. The number of carbonyl (C=O) groups excluding carboxylic acids is 2. The number of carbonyl (C=O) groups is 2. The Morgan fingerprint density at radius 2 is 1.59 bits per heavy atom. The van der Waals surface area contributed by atoms with Crippen LogP contribution in [0.4, 0.5) is 10.5 Å². The fourth-order valence-electron chi connectivity index (χ4n) is 5.11. The fraction of sp³-hybridized carbons (Fsp3) is 0.226. The van der Waals surface area contributed by atoms with Gasteiger partial charge in [-0.1, -0.05) is 42.5 Å². The molecule has 0 spiro atoms. The molecule has 0 atom stereocenters. The van der Waals surface area contributed by atoms with E-state index in [-0.39, 0.29) is 17.7 Å². The maximum atomic E-state index is 13.3. The van der Waals surface area contributed by atoms with Crippen LogP contribution >= 0.6 is 11.8 Å². The number of aromatic nitrogens is 1. The van der Waals surface area contributed by atoms with Crippen LogP contribution in [0.25, 0.3) is 22.5 Å². The number of fused-ring (bicyclic) bond motifs is 1. The van der Waals surface area contributed by atoms with Crippen LogP contribution in [0.1, 0.15) is 36.4 Å². The highest BCUT2D eigenvalue weighted by Crippen LogP contribution is 2.35. The summed E-state index contributed by atoms with van der Waals surface area (Å²) in [6, 6.07) is 24.7. The van der Waals surface area contributed by atoms with Gasteiger partial charge in [-0.15, -0.1) is 0 Å². The number of aryl methyl sites for hydroxylation is 1. The summed E-state index contributed by atoms with van der Waals surface area (Å²) >= 11 is 1.01. The minimum absolute atomic E-state index is 0.231. The van der Waals surface area contributed by atoms with Crippen molar-refractivity contribution in [3.8, 4) is 5.69 Å². The number of nitrogens with zero attached hydrogens (tertiary/aromatic N) is 3. The normalized spacial score (nSPS) is 14.8. The zero-order valence-electron chi connectivity index (χ0n) is 21.7. The molecule has 2 heterocycles. The van der Waals surface area contributed by atoms with E-state index in [1.54, 1.807) is 0 Å². The molecule has 2 amide bonds. The molecule has 1 saturated heterocycles. The maximum Gasteiger partial charge on any atom is 0.293 e. The number of amides is 2. The predicted molar refractivity (Wildman–Crippen MR) is 154 cm³/mol. The Bertz CT molecular complexity index is 1510. The topological polar surface area (TPSA) is 45.6 Å². The number of imide groups is 1. The van der Waals surface area contributed by atoms with Crippen molar-refractivity contribution >= 4 is 45.4 Å². The van der Waals surface area contributed by atoms with E-state index >= 15 is 0 Å². The van der Waals surface area contributed by atoms with Crippen molar-refractivity contribution in [3.05, 3.63) is 100 Å². The Hall–Kier alpha value is -3.77. The van der Waals surface area contributed by atoms with Gasteiger partial charge in [0.2, 0.25) is 0 Å². The van der Waals surface area contributed by atoms with Crippen LogP contribution in [-0.4, -0.2) is 33.7 Å². The second-order valence-electron chi connectivity index (χ2n) is 9.26. The summed E-state index contributed by atoms with van der Waals surface area (Å²) in [6.07, 6.45) is 1.86. The SMILES string of the molecule is CCN(CC)c1ccc(-n2c(C)cc(/C=C3/SC(=O)N(Cc4cccc5ccccc45)C3=O)c2C)cc1. The average Bonchev–Trinajstić information content (AvgIpc) is 3.34. The molecule has 1 fully saturated rings. The highest BCUT2D eigenvalue weighted by atomic mass is 32.2. The van der Waals surface area contributed by atoms with Crippen molar-refractivity contribution in [1.82, 2.24) is 9.47 Å². The molecule has 1 aliphatic rings. The molecule has 0 bridgehead atoms. The highest BCUT2D eigenvalue weighted by molar-refractivity contribution is 8.18. The molecule has 37 heavy (non-hydrogen) atoms. The average molecular weight is 510 g/mol. The van der Waals surface area contributed by atoms with E-state index in [1.165, 1.54) is 10.6 Å². The number of anilines is 1. The largest absolute Gasteiger partial charge is 0.372 e. The van der Waals surface area contributed by atoms with Crippen LogP contribution in [-0.2, 0) is 11.3 Å². The lowest BCUT2D eigenvalue weighted by atomic mass is 10.0. The first-order valence-corrected chi connectivity index (χ1v) is 13.5. The fourth-order valence-corrected chi connectivity index (χ4v) is 5.94. The van der Waals surface area contributed by atoms with Crippen LogP contribution in [0.2, 0.25) is 0 Å². The quantitative estimate of drug-likeness (QED) is 0.245. The molecule has 6 heteroatoms. The van der Waals surface area contributed by atoms with Crippen molar-refractivity contribution < 1.29 is 9.59 Å². The zero-order valence-corrected chi connectivity index (χ0v) is 22.5. The van der Waals surface area contributed by atoms with Crippen LogP contribution in [0, 0.1) is 13.8 Å². The lowest BCUT2D eigenvalue weighted by Crippen LogP contribution is -2.27. The van der Waals surface area contributed by atoms with Crippen LogP contribution in [0.15, 0.2) is 77.7 Å². The number of benzene rings is 3. The Morgan fingerprint density at radius 3 is 2.32 bits per heavy atom. The van der Waals surface area contributed by atoms with E-state index in [0.29, 0.717) is 4.91 Å². The van der Waals surface area contributed by atoms with Gasteiger partial charge in [0.25, 0.3) is 11.1 Å². The van der Waals surface area contributed by atoms with Gasteiger partial charge in [0, 0.05) is 35.9 Å². The molecule has 5 rings (SSSR count). The van der Waals surface area contributed by atoms with Crippen molar-refractivity contribution in [2.75, 3.05) is 18.0 Å². The van der Waals surface area contributed by atoms with Crippen LogP contribution < -0.4 is 4.90 Å². The molecular weight excluding hydrogens is 478 g/mol. The highest BCUT2D eigenvalue weighted by Gasteiger charge is 2.35. The molecule has 0 N–H and O–H groups in total. The summed E-state index contributed by atoms with van der Waals surface area (Å²) in [5.74, 6) is -0.240. The number of rotatable bonds is 7. The standard InChI is InChI=1S/C31H31N3O2S/c1-5-32(6-2)26-14-16-27(17-15-26)34-21(3)18-25(22(34)4)19-29-30(35)33(31(36)37-29)20-24-12-9-11-23-10-7-8-13-28(23)24/h7-19H,5-6,20H2,1-4H3/b29-19+. The third kappa shape index (κ3) is 4.69. The van der Waals surface area contributed by atoms with E-state index < -0.39 is 0 Å². The van der Waals surface area contributed by atoms with Gasteiger partial charge in [-0.25, -0.2) is 0 Å². The molecule has 1 aromatic heterocycles. The molecule has 0 aliphatic carbocycles. The van der Waals surface area contributed by atoms with Crippen LogP contribution in [0.3, 0.4) is 0 Å².